The molecule has 0 N–H and O–H groups in total. The lowest BCUT2D eigenvalue weighted by molar-refractivity contribution is 0.250. The molecule has 1 aliphatic heterocycles. The fourth-order valence-corrected chi connectivity index (χ4v) is 4.21. The topological polar surface area (TPSA) is 15.7 Å². The lowest BCUT2D eigenvalue weighted by Gasteiger charge is -2.36. The van der Waals surface area contributed by atoms with E-state index < -0.39 is 0 Å². The Bertz CT molecular complexity index is 962. The molecule has 3 aromatic carbocycles. The first-order valence-electron chi connectivity index (χ1n) is 11.8. The van der Waals surface area contributed by atoms with Crippen molar-refractivity contribution in [3.63, 3.8) is 0 Å². The van der Waals surface area contributed by atoms with Crippen molar-refractivity contribution < 1.29 is 4.74 Å². The summed E-state index contributed by atoms with van der Waals surface area (Å²) in [4.78, 5) is 5.04. The molecule has 0 aliphatic carbocycles. The van der Waals surface area contributed by atoms with Gasteiger partial charge in [0.2, 0.25) is 0 Å². The molecule has 0 spiro atoms. The number of rotatable bonds is 7. The number of hydrogen-bond donors (Lipinski definition) is 0. The second-order valence-electron chi connectivity index (χ2n) is 9.79. The Hall–Kier alpha value is -2.20. The van der Waals surface area contributed by atoms with Gasteiger partial charge < -0.3 is 9.64 Å². The summed E-state index contributed by atoms with van der Waals surface area (Å²) in [6.45, 7) is 12.8. The smallest absolute Gasteiger partial charge is 0.119 e. The summed E-state index contributed by atoms with van der Waals surface area (Å²) in [5.74, 6) is 0.948. The number of halogens is 2. The van der Waals surface area contributed by atoms with Gasteiger partial charge in [-0.3, -0.25) is 4.90 Å². The molecule has 0 atom stereocenters. The van der Waals surface area contributed by atoms with E-state index in [0.29, 0.717) is 6.61 Å². The minimum Gasteiger partial charge on any atom is -0.493 e. The van der Waals surface area contributed by atoms with Gasteiger partial charge in [-0.2, -0.15) is 0 Å². The number of piperazine rings is 1. The fourth-order valence-electron chi connectivity index (χ4n) is 4.21. The summed E-state index contributed by atoms with van der Waals surface area (Å²) < 4.78 is 5.96. The van der Waals surface area contributed by atoms with E-state index in [4.69, 9.17) is 4.74 Å². The van der Waals surface area contributed by atoms with Crippen molar-refractivity contribution in [2.24, 2.45) is 0 Å². The van der Waals surface area contributed by atoms with Crippen LogP contribution in [0.5, 0.6) is 5.75 Å². The van der Waals surface area contributed by atoms with E-state index >= 15 is 0 Å². The third-order valence-corrected chi connectivity index (χ3v) is 6.30. The molecule has 34 heavy (non-hydrogen) atoms. The molecule has 0 amide bonds. The lowest BCUT2D eigenvalue weighted by atomic mass is 9.87. The Morgan fingerprint density at radius 3 is 1.88 bits per heavy atom. The molecule has 1 fully saturated rings. The lowest BCUT2D eigenvalue weighted by Crippen LogP contribution is -2.45. The summed E-state index contributed by atoms with van der Waals surface area (Å²) >= 11 is 0. The van der Waals surface area contributed by atoms with E-state index in [1.54, 1.807) is 0 Å². The first kappa shape index (κ1) is 28.0. The summed E-state index contributed by atoms with van der Waals surface area (Å²) in [7, 11) is 0. The molecular weight excluding hydrogens is 463 g/mol. The Morgan fingerprint density at radius 2 is 1.29 bits per heavy atom. The molecule has 3 aromatic rings. The third kappa shape index (κ3) is 7.94. The highest BCUT2D eigenvalue weighted by Gasteiger charge is 2.17. The molecule has 5 heteroatoms. The first-order chi connectivity index (χ1) is 15.5. The van der Waals surface area contributed by atoms with Crippen LogP contribution in [0.15, 0.2) is 78.9 Å². The molecule has 1 aliphatic rings. The molecular formula is C29H38Cl2N2O. The van der Waals surface area contributed by atoms with Gasteiger partial charge in [0.1, 0.15) is 5.75 Å². The Kier molecular flexibility index (Phi) is 10.8. The van der Waals surface area contributed by atoms with E-state index in [1.807, 2.05) is 0 Å². The van der Waals surface area contributed by atoms with Crippen molar-refractivity contribution in [2.75, 3.05) is 37.7 Å². The first-order valence-corrected chi connectivity index (χ1v) is 11.8. The van der Waals surface area contributed by atoms with Crippen molar-refractivity contribution in [3.8, 4) is 5.75 Å². The number of nitrogens with zero attached hydrogens (tertiary/aromatic N) is 2. The number of ether oxygens (including phenoxy) is 1. The minimum absolute atomic E-state index is 0. The number of para-hydroxylation sites is 1. The van der Waals surface area contributed by atoms with Crippen LogP contribution in [-0.2, 0) is 18.4 Å². The molecule has 0 saturated carbocycles. The quantitative estimate of drug-likeness (QED) is 0.355. The highest BCUT2D eigenvalue weighted by molar-refractivity contribution is 5.85. The van der Waals surface area contributed by atoms with Crippen LogP contribution in [0, 0.1) is 0 Å². The average Bonchev–Trinajstić information content (AvgIpc) is 2.81. The van der Waals surface area contributed by atoms with Gasteiger partial charge in [0.15, 0.2) is 0 Å². The zero-order valence-corrected chi connectivity index (χ0v) is 22.2. The van der Waals surface area contributed by atoms with Gasteiger partial charge in [-0.15, -0.1) is 24.8 Å². The zero-order chi connectivity index (χ0) is 22.4. The molecule has 4 rings (SSSR count). The molecule has 0 radical (unpaired) electrons. The van der Waals surface area contributed by atoms with Gasteiger partial charge in [0, 0.05) is 44.8 Å². The summed E-state index contributed by atoms with van der Waals surface area (Å²) in [6, 6.07) is 28.3. The predicted molar refractivity (Wildman–Crippen MR) is 149 cm³/mol. The van der Waals surface area contributed by atoms with Gasteiger partial charge in [-0.1, -0.05) is 75.4 Å². The van der Waals surface area contributed by atoms with Crippen LogP contribution in [0.25, 0.3) is 0 Å². The molecule has 1 heterocycles. The van der Waals surface area contributed by atoms with Crippen LogP contribution in [0.2, 0.25) is 0 Å². The Balaban J connectivity index is 0.00000204. The second-order valence-corrected chi connectivity index (χ2v) is 9.79. The molecule has 1 saturated heterocycles. The van der Waals surface area contributed by atoms with Crippen LogP contribution in [-0.4, -0.2) is 37.7 Å². The van der Waals surface area contributed by atoms with Crippen molar-refractivity contribution in [2.45, 2.75) is 39.2 Å². The SMILES string of the molecule is CC(C)(C)c1ccc(OCCc2ccc(CN3CCN(c4ccccc4)CC3)cc2)cc1.Cl.Cl. The summed E-state index contributed by atoms with van der Waals surface area (Å²) in [5.41, 5.74) is 5.57. The Morgan fingerprint density at radius 1 is 0.706 bits per heavy atom. The van der Waals surface area contributed by atoms with E-state index in [-0.39, 0.29) is 30.2 Å². The van der Waals surface area contributed by atoms with E-state index in [0.717, 1.165) is 44.9 Å². The molecule has 3 nitrogen and oxygen atoms in total. The standard InChI is InChI=1S/C29H36N2O.2ClH/c1-29(2,3)26-13-15-28(16-14-26)32-22-17-24-9-11-25(12-10-24)23-30-18-20-31(21-19-30)27-7-5-4-6-8-27;;/h4-16H,17-23H2,1-3H3;2*1H. The average molecular weight is 502 g/mol. The molecule has 0 unspecified atom stereocenters. The van der Waals surface area contributed by atoms with Crippen molar-refractivity contribution in [1.29, 1.82) is 0 Å². The van der Waals surface area contributed by atoms with Crippen LogP contribution < -0.4 is 9.64 Å². The van der Waals surface area contributed by atoms with Crippen molar-refractivity contribution in [1.82, 2.24) is 4.90 Å². The number of benzene rings is 3. The predicted octanol–water partition coefficient (Wildman–Crippen LogP) is 6.77. The largest absolute Gasteiger partial charge is 0.493 e. The van der Waals surface area contributed by atoms with Gasteiger partial charge in [-0.05, 0) is 46.4 Å². The number of hydrogen-bond acceptors (Lipinski definition) is 3. The summed E-state index contributed by atoms with van der Waals surface area (Å²) in [5, 5.41) is 0. The highest BCUT2D eigenvalue weighted by Crippen LogP contribution is 2.24. The van der Waals surface area contributed by atoms with E-state index in [9.17, 15) is 0 Å². The van der Waals surface area contributed by atoms with Crippen LogP contribution in [0.4, 0.5) is 5.69 Å². The molecule has 184 valence electrons. The van der Waals surface area contributed by atoms with Crippen LogP contribution >= 0.6 is 24.8 Å². The van der Waals surface area contributed by atoms with Crippen molar-refractivity contribution >= 4 is 30.5 Å². The fraction of sp³-hybridized carbons (Fsp3) is 0.379. The summed E-state index contributed by atoms with van der Waals surface area (Å²) in [6.07, 6.45) is 0.928. The molecule has 0 aromatic heterocycles. The van der Waals surface area contributed by atoms with Gasteiger partial charge >= 0.3 is 0 Å². The Labute approximate surface area is 217 Å². The molecule has 0 bridgehead atoms. The number of anilines is 1. The maximum atomic E-state index is 5.96. The second kappa shape index (κ2) is 13.0. The van der Waals surface area contributed by atoms with Crippen LogP contribution in [0.1, 0.15) is 37.5 Å². The van der Waals surface area contributed by atoms with E-state index in [2.05, 4.69) is 109 Å². The monoisotopic (exact) mass is 500 g/mol. The van der Waals surface area contributed by atoms with Gasteiger partial charge in [0.25, 0.3) is 0 Å². The minimum atomic E-state index is 0. The highest BCUT2D eigenvalue weighted by atomic mass is 35.5. The normalized spacial score (nSPS) is 14.1. The third-order valence-electron chi connectivity index (χ3n) is 6.30. The van der Waals surface area contributed by atoms with Crippen LogP contribution in [0.3, 0.4) is 0 Å². The maximum Gasteiger partial charge on any atom is 0.119 e. The van der Waals surface area contributed by atoms with E-state index in [1.165, 1.54) is 22.4 Å². The maximum absolute atomic E-state index is 5.96. The zero-order valence-electron chi connectivity index (χ0n) is 20.6. The van der Waals surface area contributed by atoms with Gasteiger partial charge in [-0.25, -0.2) is 0 Å². The van der Waals surface area contributed by atoms with Gasteiger partial charge in [0.05, 0.1) is 6.61 Å². The van der Waals surface area contributed by atoms with Crippen molar-refractivity contribution in [3.05, 3.63) is 95.6 Å².